The van der Waals surface area contributed by atoms with E-state index in [1.54, 1.807) is 36.4 Å². The van der Waals surface area contributed by atoms with Gasteiger partial charge >= 0.3 is 0 Å². The fourth-order valence-corrected chi connectivity index (χ4v) is 4.52. The van der Waals surface area contributed by atoms with E-state index in [2.05, 4.69) is 25.3 Å². The van der Waals surface area contributed by atoms with Crippen molar-refractivity contribution < 1.29 is 4.39 Å². The van der Waals surface area contributed by atoms with Crippen LogP contribution >= 0.6 is 23.2 Å². The molecule has 0 aliphatic heterocycles. The molecule has 0 aliphatic rings. The van der Waals surface area contributed by atoms with Crippen LogP contribution in [0.15, 0.2) is 59.9 Å². The van der Waals surface area contributed by atoms with Crippen LogP contribution in [-0.4, -0.2) is 24.5 Å². The Labute approximate surface area is 197 Å². The molecule has 0 unspecified atom stereocenters. The first-order chi connectivity index (χ1) is 16.0. The molecule has 2 aromatic carbocycles. The van der Waals surface area contributed by atoms with Crippen molar-refractivity contribution in [3.8, 4) is 5.69 Å². The van der Waals surface area contributed by atoms with Crippen LogP contribution in [0.1, 0.15) is 25.1 Å². The van der Waals surface area contributed by atoms with E-state index in [1.807, 2.05) is 6.92 Å². The topological polar surface area (TPSA) is 88.5 Å². The summed E-state index contributed by atoms with van der Waals surface area (Å²) in [6.07, 6.45) is 3.51. The van der Waals surface area contributed by atoms with Gasteiger partial charge in [0.25, 0.3) is 5.56 Å². The number of aromatic amines is 1. The molecule has 0 spiro atoms. The van der Waals surface area contributed by atoms with E-state index in [9.17, 15) is 9.18 Å². The second kappa shape index (κ2) is 8.46. The summed E-state index contributed by atoms with van der Waals surface area (Å²) in [5, 5.41) is 4.35. The van der Waals surface area contributed by atoms with Crippen LogP contribution in [0.5, 0.6) is 0 Å². The van der Waals surface area contributed by atoms with Crippen molar-refractivity contribution in [1.82, 2.24) is 24.5 Å². The lowest BCUT2D eigenvalue weighted by Gasteiger charge is -2.24. The molecule has 0 bridgehead atoms. The van der Waals surface area contributed by atoms with Crippen LogP contribution in [-0.2, 0) is 0 Å². The number of pyridine rings is 1. The Morgan fingerprint density at radius 2 is 1.88 bits per heavy atom. The number of halogens is 3. The van der Waals surface area contributed by atoms with Crippen LogP contribution in [0, 0.1) is 5.82 Å². The van der Waals surface area contributed by atoms with Gasteiger partial charge in [-0.25, -0.2) is 19.3 Å². The molecule has 0 radical (unpaired) electrons. The van der Waals surface area contributed by atoms with Gasteiger partial charge in [0.05, 0.1) is 33.5 Å². The quantitative estimate of drug-likeness (QED) is 0.337. The van der Waals surface area contributed by atoms with E-state index < -0.39 is 17.4 Å². The van der Waals surface area contributed by atoms with E-state index in [-0.39, 0.29) is 15.4 Å². The zero-order valence-corrected chi connectivity index (χ0v) is 18.8. The highest BCUT2D eigenvalue weighted by atomic mass is 35.5. The fourth-order valence-electron chi connectivity index (χ4n) is 3.95. The SMILES string of the molecule is CC[C@@H](Nc1ncnc2nc[nH]c12)c1cc2cccc(F)c2c(=O)n1-c1c(Cl)cccc1Cl. The normalized spacial score (nSPS) is 12.4. The van der Waals surface area contributed by atoms with Crippen LogP contribution in [0.25, 0.3) is 27.6 Å². The molecule has 7 nitrogen and oxygen atoms in total. The molecular formula is C23H17Cl2FN6O. The summed E-state index contributed by atoms with van der Waals surface area (Å²) < 4.78 is 16.1. The second-order valence-corrected chi connectivity index (χ2v) is 8.23. The molecule has 2 N–H and O–H groups in total. The van der Waals surface area contributed by atoms with Crippen LogP contribution in [0.4, 0.5) is 10.2 Å². The molecule has 3 aromatic heterocycles. The third kappa shape index (κ3) is 3.61. The Hall–Kier alpha value is -3.49. The molecule has 166 valence electrons. The Bertz CT molecular complexity index is 1540. The molecule has 0 saturated heterocycles. The number of hydrogen-bond acceptors (Lipinski definition) is 5. The predicted octanol–water partition coefficient (Wildman–Crippen LogP) is 5.67. The molecule has 10 heteroatoms. The number of hydrogen-bond donors (Lipinski definition) is 2. The smallest absolute Gasteiger partial charge is 0.266 e. The number of H-pyrrole nitrogens is 1. The van der Waals surface area contributed by atoms with Crippen molar-refractivity contribution in [3.05, 3.63) is 87.0 Å². The molecule has 0 aliphatic carbocycles. The first-order valence-corrected chi connectivity index (χ1v) is 10.9. The summed E-state index contributed by atoms with van der Waals surface area (Å²) in [7, 11) is 0. The summed E-state index contributed by atoms with van der Waals surface area (Å²) in [6, 6.07) is 10.9. The molecule has 33 heavy (non-hydrogen) atoms. The Morgan fingerprint density at radius 1 is 1.12 bits per heavy atom. The summed E-state index contributed by atoms with van der Waals surface area (Å²) in [4.78, 5) is 29.3. The number of nitrogens with one attached hydrogen (secondary N) is 2. The first kappa shape index (κ1) is 21.4. The van der Waals surface area contributed by atoms with Crippen LogP contribution < -0.4 is 10.9 Å². The van der Waals surface area contributed by atoms with Gasteiger partial charge in [0.2, 0.25) is 0 Å². The minimum absolute atomic E-state index is 0.0370. The summed E-state index contributed by atoms with van der Waals surface area (Å²) in [5.41, 5.74) is 1.44. The molecule has 0 fully saturated rings. The fraction of sp³-hybridized carbons (Fsp3) is 0.130. The molecule has 5 aromatic rings. The van der Waals surface area contributed by atoms with Crippen LogP contribution in [0.3, 0.4) is 0 Å². The first-order valence-electron chi connectivity index (χ1n) is 10.2. The zero-order valence-electron chi connectivity index (χ0n) is 17.3. The molecule has 0 amide bonds. The average molecular weight is 483 g/mol. The maximum atomic E-state index is 14.7. The Balaban J connectivity index is 1.79. The van der Waals surface area contributed by atoms with E-state index in [4.69, 9.17) is 23.2 Å². The summed E-state index contributed by atoms with van der Waals surface area (Å²) in [5.74, 6) is -0.0927. The summed E-state index contributed by atoms with van der Waals surface area (Å²) in [6.45, 7) is 1.96. The number of imidazole rings is 1. The number of aromatic nitrogens is 5. The molecule has 5 rings (SSSR count). The lowest BCUT2D eigenvalue weighted by Crippen LogP contribution is -2.27. The maximum absolute atomic E-state index is 14.7. The third-order valence-electron chi connectivity index (χ3n) is 5.48. The largest absolute Gasteiger partial charge is 0.360 e. The highest BCUT2D eigenvalue weighted by Gasteiger charge is 2.23. The Morgan fingerprint density at radius 3 is 2.64 bits per heavy atom. The van der Waals surface area contributed by atoms with Gasteiger partial charge in [0, 0.05) is 5.69 Å². The van der Waals surface area contributed by atoms with Crippen molar-refractivity contribution >= 4 is 51.0 Å². The van der Waals surface area contributed by atoms with Gasteiger partial charge < -0.3 is 10.3 Å². The number of para-hydroxylation sites is 1. The van der Waals surface area contributed by atoms with Crippen molar-refractivity contribution in [3.63, 3.8) is 0 Å². The number of nitrogens with zero attached hydrogens (tertiary/aromatic N) is 4. The second-order valence-electron chi connectivity index (χ2n) is 7.41. The van der Waals surface area contributed by atoms with Crippen molar-refractivity contribution in [2.24, 2.45) is 0 Å². The predicted molar refractivity (Wildman–Crippen MR) is 128 cm³/mol. The molecule has 3 heterocycles. The van der Waals surface area contributed by atoms with Gasteiger partial charge in [-0.2, -0.15) is 0 Å². The zero-order chi connectivity index (χ0) is 23.1. The average Bonchev–Trinajstić information content (AvgIpc) is 3.28. The van der Waals surface area contributed by atoms with E-state index >= 15 is 0 Å². The van der Waals surface area contributed by atoms with Crippen molar-refractivity contribution in [2.75, 3.05) is 5.32 Å². The van der Waals surface area contributed by atoms with Crippen LogP contribution in [0.2, 0.25) is 10.0 Å². The summed E-state index contributed by atoms with van der Waals surface area (Å²) >= 11 is 13.0. The van der Waals surface area contributed by atoms with E-state index in [1.165, 1.54) is 23.3 Å². The van der Waals surface area contributed by atoms with Gasteiger partial charge in [0.1, 0.15) is 17.7 Å². The van der Waals surface area contributed by atoms with Crippen molar-refractivity contribution in [2.45, 2.75) is 19.4 Å². The molecule has 0 saturated carbocycles. The van der Waals surface area contributed by atoms with Crippen molar-refractivity contribution in [1.29, 1.82) is 0 Å². The van der Waals surface area contributed by atoms with E-state index in [0.717, 1.165) is 0 Å². The number of anilines is 1. The number of rotatable bonds is 5. The third-order valence-corrected chi connectivity index (χ3v) is 6.09. The van der Waals surface area contributed by atoms with Gasteiger partial charge in [-0.15, -0.1) is 0 Å². The number of benzene rings is 2. The highest BCUT2D eigenvalue weighted by Crippen LogP contribution is 2.33. The standard InChI is InChI=1S/C23H17Cl2FN6O/c1-2-16(31-22-19-21(28-10-27-19)29-11-30-22)17-9-12-5-3-8-15(26)18(12)23(33)32(17)20-13(24)6-4-7-14(20)25/h3-11,16H,2H2,1H3,(H2,27,28,29,30,31)/t16-/m1/s1. The van der Waals surface area contributed by atoms with Gasteiger partial charge in [0.15, 0.2) is 11.5 Å². The minimum atomic E-state index is -0.614. The van der Waals surface area contributed by atoms with Gasteiger partial charge in [-0.05, 0) is 36.1 Å². The lowest BCUT2D eigenvalue weighted by molar-refractivity contribution is 0.635. The van der Waals surface area contributed by atoms with Gasteiger partial charge in [-0.1, -0.05) is 48.3 Å². The molecular weight excluding hydrogens is 466 g/mol. The van der Waals surface area contributed by atoms with Gasteiger partial charge in [-0.3, -0.25) is 9.36 Å². The van der Waals surface area contributed by atoms with E-state index in [0.29, 0.717) is 40.2 Å². The monoisotopic (exact) mass is 482 g/mol. The maximum Gasteiger partial charge on any atom is 0.266 e. The number of fused-ring (bicyclic) bond motifs is 2. The Kier molecular flexibility index (Phi) is 5.47. The lowest BCUT2D eigenvalue weighted by atomic mass is 10.0. The highest BCUT2D eigenvalue weighted by molar-refractivity contribution is 6.37. The minimum Gasteiger partial charge on any atom is -0.360 e. The molecule has 1 atom stereocenters.